The highest BCUT2D eigenvalue weighted by Gasteiger charge is 2.24. The fourth-order valence-corrected chi connectivity index (χ4v) is 1.59. The summed E-state index contributed by atoms with van der Waals surface area (Å²) in [5.41, 5.74) is 5.07. The molecule has 1 fully saturated rings. The second-order valence-electron chi connectivity index (χ2n) is 3.46. The maximum absolute atomic E-state index is 10.6. The van der Waals surface area contributed by atoms with E-state index in [9.17, 15) is 9.90 Å². The largest absolute Gasteiger partial charge is 0.392 e. The van der Waals surface area contributed by atoms with Crippen LogP contribution in [0.3, 0.4) is 0 Å². The van der Waals surface area contributed by atoms with Gasteiger partial charge in [-0.1, -0.05) is 0 Å². The molecule has 1 rings (SSSR count). The highest BCUT2D eigenvalue weighted by Crippen LogP contribution is 2.13. The van der Waals surface area contributed by atoms with Crippen molar-refractivity contribution in [3.63, 3.8) is 0 Å². The summed E-state index contributed by atoms with van der Waals surface area (Å²) >= 11 is 0. The third kappa shape index (κ3) is 2.46. The van der Waals surface area contributed by atoms with Gasteiger partial charge >= 0.3 is 0 Å². The fourth-order valence-electron chi connectivity index (χ4n) is 1.59. The van der Waals surface area contributed by atoms with Crippen molar-refractivity contribution in [1.82, 2.24) is 4.90 Å². The minimum absolute atomic E-state index is 0.166. The van der Waals surface area contributed by atoms with Gasteiger partial charge in [0.15, 0.2) is 0 Å². The summed E-state index contributed by atoms with van der Waals surface area (Å²) in [7, 11) is 0. The van der Waals surface area contributed by atoms with Crippen molar-refractivity contribution < 1.29 is 9.90 Å². The molecule has 1 amide bonds. The van der Waals surface area contributed by atoms with Crippen LogP contribution in [-0.2, 0) is 4.79 Å². The summed E-state index contributed by atoms with van der Waals surface area (Å²) < 4.78 is 0. The Morgan fingerprint density at radius 2 is 2.50 bits per heavy atom. The van der Waals surface area contributed by atoms with Gasteiger partial charge in [-0.15, -0.1) is 0 Å². The van der Waals surface area contributed by atoms with E-state index >= 15 is 0 Å². The smallest absolute Gasteiger partial charge is 0.218 e. The van der Waals surface area contributed by atoms with Crippen molar-refractivity contribution in [2.45, 2.75) is 31.9 Å². The Morgan fingerprint density at radius 1 is 1.83 bits per heavy atom. The number of hydrogen-bond donors (Lipinski definition) is 2. The van der Waals surface area contributed by atoms with Crippen LogP contribution in [0.4, 0.5) is 0 Å². The quantitative estimate of drug-likeness (QED) is 0.592. The van der Waals surface area contributed by atoms with Crippen molar-refractivity contribution >= 4 is 5.91 Å². The highest BCUT2D eigenvalue weighted by atomic mass is 16.3. The number of aliphatic hydroxyl groups is 1. The van der Waals surface area contributed by atoms with E-state index in [1.165, 1.54) is 0 Å². The summed E-state index contributed by atoms with van der Waals surface area (Å²) in [6.07, 6.45) is 0.968. The first-order valence-corrected chi connectivity index (χ1v) is 4.30. The maximum atomic E-state index is 10.6. The lowest BCUT2D eigenvalue weighted by Crippen LogP contribution is -2.35. The summed E-state index contributed by atoms with van der Waals surface area (Å²) in [5, 5.41) is 9.22. The Balaban J connectivity index is 2.32. The number of rotatable bonds is 3. The van der Waals surface area contributed by atoms with Crippen molar-refractivity contribution in [2.24, 2.45) is 5.73 Å². The summed E-state index contributed by atoms with van der Waals surface area (Å²) in [6, 6.07) is 0.166. The molecule has 0 aliphatic carbocycles. The van der Waals surface area contributed by atoms with E-state index in [4.69, 9.17) is 5.73 Å². The fraction of sp³-hybridized carbons (Fsp3) is 0.875. The van der Waals surface area contributed by atoms with E-state index in [-0.39, 0.29) is 18.1 Å². The molecule has 0 aromatic rings. The van der Waals surface area contributed by atoms with Crippen LogP contribution in [-0.4, -0.2) is 41.1 Å². The van der Waals surface area contributed by atoms with Crippen LogP contribution in [0.2, 0.25) is 0 Å². The second-order valence-corrected chi connectivity index (χ2v) is 3.46. The number of hydrogen-bond acceptors (Lipinski definition) is 3. The monoisotopic (exact) mass is 172 g/mol. The average molecular weight is 172 g/mol. The predicted octanol–water partition coefficient (Wildman–Crippen LogP) is -0.683. The summed E-state index contributed by atoms with van der Waals surface area (Å²) in [6.45, 7) is 3.51. The summed E-state index contributed by atoms with van der Waals surface area (Å²) in [4.78, 5) is 12.7. The predicted molar refractivity (Wildman–Crippen MR) is 45.5 cm³/mol. The van der Waals surface area contributed by atoms with E-state index in [0.29, 0.717) is 13.0 Å². The van der Waals surface area contributed by atoms with Gasteiger partial charge in [0.05, 0.1) is 6.10 Å². The molecule has 1 saturated heterocycles. The van der Waals surface area contributed by atoms with Gasteiger partial charge in [-0.05, 0) is 13.3 Å². The van der Waals surface area contributed by atoms with Crippen molar-refractivity contribution in [3.05, 3.63) is 0 Å². The topological polar surface area (TPSA) is 66.6 Å². The molecule has 0 aromatic carbocycles. The minimum atomic E-state index is -0.274. The van der Waals surface area contributed by atoms with Crippen LogP contribution in [0.5, 0.6) is 0 Å². The molecular formula is C8H16N2O2. The number of β-amino-alcohol motifs (C(OH)–C–C–N with tert-alkyl or cyclic N) is 1. The molecule has 1 aliphatic rings. The Hall–Kier alpha value is -0.610. The van der Waals surface area contributed by atoms with E-state index in [1.54, 1.807) is 0 Å². The molecule has 0 spiro atoms. The number of likely N-dealkylation sites (tertiary alicyclic amines) is 1. The van der Waals surface area contributed by atoms with Gasteiger partial charge in [0.1, 0.15) is 0 Å². The van der Waals surface area contributed by atoms with Crippen LogP contribution >= 0.6 is 0 Å². The molecule has 0 aromatic heterocycles. The molecule has 4 nitrogen and oxygen atoms in total. The number of carbonyl (C=O) groups excluding carboxylic acids is 1. The molecule has 70 valence electrons. The third-order valence-electron chi connectivity index (χ3n) is 2.31. The third-order valence-corrected chi connectivity index (χ3v) is 2.31. The zero-order chi connectivity index (χ0) is 9.14. The highest BCUT2D eigenvalue weighted by molar-refractivity contribution is 5.74. The molecule has 1 heterocycles. The number of carbonyl (C=O) groups is 1. The molecular weight excluding hydrogens is 156 g/mol. The van der Waals surface area contributed by atoms with Crippen LogP contribution in [0.1, 0.15) is 19.8 Å². The van der Waals surface area contributed by atoms with Gasteiger partial charge in [-0.2, -0.15) is 0 Å². The Labute approximate surface area is 72.3 Å². The zero-order valence-corrected chi connectivity index (χ0v) is 7.36. The first-order chi connectivity index (χ1) is 5.59. The van der Waals surface area contributed by atoms with E-state index in [1.807, 2.05) is 6.92 Å². The first kappa shape index (κ1) is 9.48. The molecule has 1 aliphatic heterocycles. The molecule has 2 atom stereocenters. The lowest BCUT2D eigenvalue weighted by Gasteiger charge is -2.22. The van der Waals surface area contributed by atoms with Gasteiger partial charge < -0.3 is 10.8 Å². The number of aliphatic hydroxyl groups excluding tert-OH is 1. The number of nitrogens with two attached hydrogens (primary N) is 1. The molecule has 12 heavy (non-hydrogen) atoms. The van der Waals surface area contributed by atoms with Crippen LogP contribution < -0.4 is 5.73 Å². The van der Waals surface area contributed by atoms with Gasteiger partial charge in [-0.25, -0.2) is 0 Å². The van der Waals surface area contributed by atoms with Gasteiger partial charge in [-0.3, -0.25) is 9.69 Å². The molecule has 0 radical (unpaired) electrons. The molecule has 1 unspecified atom stereocenters. The molecule has 0 saturated carbocycles. The van der Waals surface area contributed by atoms with Crippen molar-refractivity contribution in [2.75, 3.05) is 13.1 Å². The van der Waals surface area contributed by atoms with E-state index < -0.39 is 0 Å². The SMILES string of the molecule is CC(CC(N)=O)N1CC[C@@H](O)C1. The van der Waals surface area contributed by atoms with Crippen LogP contribution in [0, 0.1) is 0 Å². The maximum Gasteiger partial charge on any atom is 0.218 e. The first-order valence-electron chi connectivity index (χ1n) is 4.30. The zero-order valence-electron chi connectivity index (χ0n) is 7.36. The lowest BCUT2D eigenvalue weighted by molar-refractivity contribution is -0.119. The normalized spacial score (nSPS) is 27.3. The number of primary amides is 1. The van der Waals surface area contributed by atoms with E-state index in [0.717, 1.165) is 13.0 Å². The second kappa shape index (κ2) is 3.87. The molecule has 0 bridgehead atoms. The van der Waals surface area contributed by atoms with Gasteiger partial charge in [0.25, 0.3) is 0 Å². The standard InChI is InChI=1S/C8H16N2O2/c1-6(4-8(9)12)10-3-2-7(11)5-10/h6-7,11H,2-5H2,1H3,(H2,9,12)/t6?,7-/m1/s1. The molecule has 4 heteroatoms. The Kier molecular flexibility index (Phi) is 3.05. The van der Waals surface area contributed by atoms with Gasteiger partial charge in [0, 0.05) is 25.6 Å². The van der Waals surface area contributed by atoms with Crippen LogP contribution in [0.25, 0.3) is 0 Å². The van der Waals surface area contributed by atoms with Crippen LogP contribution in [0.15, 0.2) is 0 Å². The average Bonchev–Trinajstić information content (AvgIpc) is 2.34. The number of amides is 1. The van der Waals surface area contributed by atoms with Crippen molar-refractivity contribution in [1.29, 1.82) is 0 Å². The Morgan fingerprint density at radius 3 is 2.92 bits per heavy atom. The van der Waals surface area contributed by atoms with Gasteiger partial charge in [0.2, 0.25) is 5.91 Å². The summed E-state index contributed by atoms with van der Waals surface area (Å²) in [5.74, 6) is -0.274. The minimum Gasteiger partial charge on any atom is -0.392 e. The van der Waals surface area contributed by atoms with Crippen molar-refractivity contribution in [3.8, 4) is 0 Å². The lowest BCUT2D eigenvalue weighted by atomic mass is 10.2. The molecule has 3 N–H and O–H groups in total. The van der Waals surface area contributed by atoms with E-state index in [2.05, 4.69) is 4.90 Å². The Bertz CT molecular complexity index is 172. The number of nitrogens with zero attached hydrogens (tertiary/aromatic N) is 1.